The van der Waals surface area contributed by atoms with Crippen LogP contribution in [0.5, 0.6) is 0 Å². The molecule has 3 aromatic rings. The molecule has 4 rings (SSSR count). The lowest BCUT2D eigenvalue weighted by atomic mass is 9.97. The van der Waals surface area contributed by atoms with E-state index in [1.165, 1.54) is 16.9 Å². The van der Waals surface area contributed by atoms with Gasteiger partial charge in [-0.1, -0.05) is 42.2 Å². The molecule has 0 amide bonds. The number of nitrogens with one attached hydrogen (secondary N) is 1. The fraction of sp³-hybridized carbons (Fsp3) is 0.261. The lowest BCUT2D eigenvalue weighted by Crippen LogP contribution is -2.32. The maximum absolute atomic E-state index is 4.47. The Kier molecular flexibility index (Phi) is 5.44. The Morgan fingerprint density at radius 1 is 1.19 bits per heavy atom. The lowest BCUT2D eigenvalue weighted by molar-refractivity contribution is 0.489. The molecule has 2 aromatic heterocycles. The molecule has 1 N–H and O–H groups in total. The number of nitrogens with zero attached hydrogens (tertiary/aromatic N) is 1. The highest BCUT2D eigenvalue weighted by Gasteiger charge is 2.15. The number of hydrogen-bond donors (Lipinski definition) is 1. The fourth-order valence-corrected chi connectivity index (χ4v) is 4.16. The molecule has 1 aromatic carbocycles. The molecule has 0 aliphatic carbocycles. The van der Waals surface area contributed by atoms with Crippen molar-refractivity contribution in [3.05, 3.63) is 70.6 Å². The van der Waals surface area contributed by atoms with Crippen LogP contribution in [-0.2, 0) is 0 Å². The summed E-state index contributed by atoms with van der Waals surface area (Å²) in [5, 5.41) is 6.92. The maximum Gasteiger partial charge on any atom is 0.0702 e. The molecular formula is C23H22N2S. The normalized spacial score (nSPS) is 16.8. The van der Waals surface area contributed by atoms with Crippen molar-refractivity contribution in [1.29, 1.82) is 0 Å². The summed E-state index contributed by atoms with van der Waals surface area (Å²) >= 11 is 1.84. The van der Waals surface area contributed by atoms with Gasteiger partial charge in [0.1, 0.15) is 0 Å². The minimum Gasteiger partial charge on any atom is -0.310 e. The van der Waals surface area contributed by atoms with E-state index in [4.69, 9.17) is 0 Å². The SMILES string of the molecule is C(#Cc1cnc2ccccc2c1)CCCC1CC(c2cccs2)=CCN1. The third-order valence-corrected chi connectivity index (χ3v) is 5.68. The molecule has 0 fully saturated rings. The summed E-state index contributed by atoms with van der Waals surface area (Å²) in [6, 6.07) is 15.2. The third-order valence-electron chi connectivity index (χ3n) is 4.74. The molecule has 2 nitrogen and oxygen atoms in total. The number of hydrogen-bond acceptors (Lipinski definition) is 3. The topological polar surface area (TPSA) is 24.9 Å². The molecular weight excluding hydrogens is 336 g/mol. The van der Waals surface area contributed by atoms with Crippen LogP contribution in [0.2, 0.25) is 0 Å². The first kappa shape index (κ1) is 17.0. The van der Waals surface area contributed by atoms with Gasteiger partial charge in [0.05, 0.1) is 5.52 Å². The molecule has 3 heterocycles. The molecule has 1 aliphatic rings. The molecule has 3 heteroatoms. The van der Waals surface area contributed by atoms with E-state index in [2.05, 4.69) is 57.9 Å². The van der Waals surface area contributed by atoms with Crippen LogP contribution in [0, 0.1) is 11.8 Å². The summed E-state index contributed by atoms with van der Waals surface area (Å²) in [5.41, 5.74) is 3.52. The highest BCUT2D eigenvalue weighted by atomic mass is 32.1. The molecule has 26 heavy (non-hydrogen) atoms. The second kappa shape index (κ2) is 8.31. The minimum absolute atomic E-state index is 0.571. The first-order chi connectivity index (χ1) is 12.9. The van der Waals surface area contributed by atoms with Gasteiger partial charge in [-0.2, -0.15) is 0 Å². The molecule has 1 unspecified atom stereocenters. The molecule has 1 aliphatic heterocycles. The second-order valence-electron chi connectivity index (χ2n) is 6.63. The Morgan fingerprint density at radius 2 is 2.15 bits per heavy atom. The van der Waals surface area contributed by atoms with Gasteiger partial charge >= 0.3 is 0 Å². The Bertz CT molecular complexity index is 961. The largest absolute Gasteiger partial charge is 0.310 e. The van der Waals surface area contributed by atoms with Crippen molar-refractivity contribution < 1.29 is 0 Å². The number of thiophene rings is 1. The predicted molar refractivity (Wildman–Crippen MR) is 111 cm³/mol. The van der Waals surface area contributed by atoms with Crippen LogP contribution in [-0.4, -0.2) is 17.6 Å². The maximum atomic E-state index is 4.47. The molecule has 130 valence electrons. The summed E-state index contributed by atoms with van der Waals surface area (Å²) in [6.45, 7) is 0.979. The number of unbranched alkanes of at least 4 members (excludes halogenated alkanes) is 1. The van der Waals surface area contributed by atoms with E-state index in [1.54, 1.807) is 0 Å². The Balaban J connectivity index is 1.28. The number of benzene rings is 1. The third kappa shape index (κ3) is 4.22. The van der Waals surface area contributed by atoms with Crippen LogP contribution >= 0.6 is 11.3 Å². The van der Waals surface area contributed by atoms with Crippen LogP contribution in [0.25, 0.3) is 16.5 Å². The van der Waals surface area contributed by atoms with E-state index in [0.29, 0.717) is 6.04 Å². The average Bonchev–Trinajstić information content (AvgIpc) is 3.23. The number of pyridine rings is 1. The van der Waals surface area contributed by atoms with E-state index >= 15 is 0 Å². The predicted octanol–water partition coefficient (Wildman–Crippen LogP) is 5.26. The van der Waals surface area contributed by atoms with Crippen molar-refractivity contribution >= 4 is 27.8 Å². The van der Waals surface area contributed by atoms with Crippen molar-refractivity contribution in [1.82, 2.24) is 10.3 Å². The summed E-state index contributed by atoms with van der Waals surface area (Å²) in [6.07, 6.45) is 8.56. The van der Waals surface area contributed by atoms with Crippen LogP contribution in [0.15, 0.2) is 60.1 Å². The van der Waals surface area contributed by atoms with Gasteiger partial charge in [0.15, 0.2) is 0 Å². The van der Waals surface area contributed by atoms with E-state index in [9.17, 15) is 0 Å². The molecule has 0 radical (unpaired) electrons. The van der Waals surface area contributed by atoms with Gasteiger partial charge in [-0.15, -0.1) is 11.3 Å². The Labute approximate surface area is 159 Å². The van der Waals surface area contributed by atoms with Gasteiger partial charge in [0.25, 0.3) is 0 Å². The van der Waals surface area contributed by atoms with Crippen LogP contribution < -0.4 is 5.32 Å². The number of rotatable bonds is 4. The summed E-state index contributed by atoms with van der Waals surface area (Å²) in [4.78, 5) is 5.89. The molecule has 0 bridgehead atoms. The van der Waals surface area contributed by atoms with Crippen molar-refractivity contribution in [3.63, 3.8) is 0 Å². The van der Waals surface area contributed by atoms with Crippen molar-refractivity contribution in [2.45, 2.75) is 31.7 Å². The zero-order chi connectivity index (χ0) is 17.6. The summed E-state index contributed by atoms with van der Waals surface area (Å²) < 4.78 is 0. The highest BCUT2D eigenvalue weighted by molar-refractivity contribution is 7.11. The van der Waals surface area contributed by atoms with Gasteiger partial charge in [0.2, 0.25) is 0 Å². The van der Waals surface area contributed by atoms with Crippen molar-refractivity contribution in [2.24, 2.45) is 0 Å². The Hall–Kier alpha value is -2.41. The smallest absolute Gasteiger partial charge is 0.0702 e. The fourth-order valence-electron chi connectivity index (χ4n) is 3.38. The van der Waals surface area contributed by atoms with Gasteiger partial charge in [-0.3, -0.25) is 4.98 Å². The van der Waals surface area contributed by atoms with Crippen molar-refractivity contribution in [3.8, 4) is 11.8 Å². The Morgan fingerprint density at radius 3 is 3.08 bits per heavy atom. The van der Waals surface area contributed by atoms with Crippen molar-refractivity contribution in [2.75, 3.05) is 6.54 Å². The quantitative estimate of drug-likeness (QED) is 0.508. The molecule has 0 saturated carbocycles. The van der Waals surface area contributed by atoms with E-state index < -0.39 is 0 Å². The number of para-hydroxylation sites is 1. The van der Waals surface area contributed by atoms with Gasteiger partial charge in [-0.25, -0.2) is 0 Å². The molecule has 1 atom stereocenters. The monoisotopic (exact) mass is 358 g/mol. The lowest BCUT2D eigenvalue weighted by Gasteiger charge is -2.23. The van der Waals surface area contributed by atoms with Crippen LogP contribution in [0.3, 0.4) is 0 Å². The standard InChI is InChI=1S/C23H22N2S/c1(2-7-18-15-19-8-4-5-10-22(19)25-17-18)3-9-21-16-20(12-13-24-21)23-11-6-14-26-23/h4-6,8,10-12,14-15,17,21,24H,1,3,9,13,16H2. The highest BCUT2D eigenvalue weighted by Crippen LogP contribution is 2.27. The zero-order valence-corrected chi connectivity index (χ0v) is 15.6. The van der Waals surface area contributed by atoms with Gasteiger partial charge in [0, 0.05) is 41.0 Å². The first-order valence-electron chi connectivity index (χ1n) is 9.18. The molecule has 0 saturated heterocycles. The van der Waals surface area contributed by atoms with Gasteiger partial charge < -0.3 is 5.32 Å². The minimum atomic E-state index is 0.571. The number of fused-ring (bicyclic) bond motifs is 1. The van der Waals surface area contributed by atoms with E-state index in [1.807, 2.05) is 35.7 Å². The second-order valence-corrected chi connectivity index (χ2v) is 7.57. The van der Waals surface area contributed by atoms with E-state index in [-0.39, 0.29) is 0 Å². The summed E-state index contributed by atoms with van der Waals surface area (Å²) in [5.74, 6) is 6.58. The zero-order valence-electron chi connectivity index (χ0n) is 14.7. The van der Waals surface area contributed by atoms with Crippen LogP contribution in [0.1, 0.15) is 36.1 Å². The van der Waals surface area contributed by atoms with Gasteiger partial charge in [-0.05, 0) is 48.4 Å². The average molecular weight is 359 g/mol. The molecule has 0 spiro atoms. The van der Waals surface area contributed by atoms with Crippen LogP contribution in [0.4, 0.5) is 0 Å². The number of aromatic nitrogens is 1. The summed E-state index contributed by atoms with van der Waals surface area (Å²) in [7, 11) is 0. The van der Waals surface area contributed by atoms with E-state index in [0.717, 1.165) is 42.3 Å². The first-order valence-corrected chi connectivity index (χ1v) is 10.1.